The number of ether oxygens (including phenoxy) is 4. The molecule has 1 aliphatic rings. The number of aromatic nitrogens is 3. The smallest absolute Gasteiger partial charge is 0.408 e. The van der Waals surface area contributed by atoms with Crippen LogP contribution in [0.15, 0.2) is 48.7 Å². The third-order valence-electron chi connectivity index (χ3n) is 7.82. The second-order valence-corrected chi connectivity index (χ2v) is 14.8. The quantitative estimate of drug-likeness (QED) is 0.120. The number of esters is 2. The lowest BCUT2D eigenvalue weighted by atomic mass is 10.0. The van der Waals surface area contributed by atoms with Gasteiger partial charge in [0.1, 0.15) is 29.4 Å². The van der Waals surface area contributed by atoms with Crippen molar-refractivity contribution in [1.29, 1.82) is 0 Å². The fourth-order valence-corrected chi connectivity index (χ4v) is 5.96. The highest BCUT2D eigenvalue weighted by atomic mass is 32.2. The van der Waals surface area contributed by atoms with Gasteiger partial charge in [-0.15, -0.1) is 0 Å². The fraction of sp³-hybridized carbons (Fsp3) is 0.371. The number of carbonyl (C=O) groups excluding carboxylic acids is 4. The summed E-state index contributed by atoms with van der Waals surface area (Å²) >= 11 is 0. The van der Waals surface area contributed by atoms with Gasteiger partial charge >= 0.3 is 18.0 Å². The number of nitrogens with zero attached hydrogens (tertiary/aromatic N) is 3. The molecule has 4 aromatic rings. The number of ketones is 1. The molecule has 1 aliphatic heterocycles. The van der Waals surface area contributed by atoms with Gasteiger partial charge in [0, 0.05) is 18.4 Å². The number of fused-ring (bicyclic) bond motifs is 1. The minimum absolute atomic E-state index is 0.104. The molecular weight excluding hydrogens is 720 g/mol. The number of sulfonamides is 1. The van der Waals surface area contributed by atoms with E-state index >= 15 is 4.39 Å². The van der Waals surface area contributed by atoms with Gasteiger partial charge in [-0.25, -0.2) is 41.2 Å². The molecule has 3 heterocycles. The number of nitrogens with one attached hydrogen (secondary N) is 2. The number of pyridine rings is 1. The number of alkyl carbamates (subject to hydrolysis) is 1. The van der Waals surface area contributed by atoms with Crippen LogP contribution in [0, 0.1) is 11.6 Å². The molecule has 0 spiro atoms. The van der Waals surface area contributed by atoms with Gasteiger partial charge in [-0.3, -0.25) is 9.52 Å². The van der Waals surface area contributed by atoms with Gasteiger partial charge in [-0.05, 0) is 75.9 Å². The number of hydrogen-bond donors (Lipinski definition) is 2. The SMILES string of the molecule is COC(=O)[C@H](COC(=O)c1ccc(-c2cnc3c(c2)c(C(=O)c2ccc(F)c(NS(C)(=O)=O)c2F)nn3C2CCCCO2)cc1)NC(=O)OC(C)(C)C. The normalized spacial score (nSPS) is 15.3. The molecule has 53 heavy (non-hydrogen) atoms. The Morgan fingerprint density at radius 3 is 2.40 bits per heavy atom. The summed E-state index contributed by atoms with van der Waals surface area (Å²) in [5.74, 6) is -5.25. The number of anilines is 1. The van der Waals surface area contributed by atoms with Crippen LogP contribution in [-0.2, 0) is 33.8 Å². The molecule has 0 bridgehead atoms. The van der Waals surface area contributed by atoms with Crippen LogP contribution >= 0.6 is 0 Å². The van der Waals surface area contributed by atoms with Crippen LogP contribution in [-0.4, -0.2) is 85.2 Å². The van der Waals surface area contributed by atoms with Crippen molar-refractivity contribution in [3.63, 3.8) is 0 Å². The largest absolute Gasteiger partial charge is 0.467 e. The number of benzene rings is 2. The number of halogens is 2. The molecule has 2 aromatic carbocycles. The molecule has 0 aliphatic carbocycles. The second kappa shape index (κ2) is 15.6. The van der Waals surface area contributed by atoms with Crippen molar-refractivity contribution in [2.45, 2.75) is 57.9 Å². The molecule has 2 N–H and O–H groups in total. The van der Waals surface area contributed by atoms with Crippen LogP contribution in [0.1, 0.15) is 72.7 Å². The van der Waals surface area contributed by atoms with Crippen LogP contribution in [0.2, 0.25) is 0 Å². The van der Waals surface area contributed by atoms with Crippen molar-refractivity contribution in [2.75, 3.05) is 31.3 Å². The second-order valence-electron chi connectivity index (χ2n) is 13.1. The van der Waals surface area contributed by atoms with Gasteiger partial charge in [0.05, 0.1) is 29.9 Å². The summed E-state index contributed by atoms with van der Waals surface area (Å²) in [5, 5.41) is 6.99. The molecule has 18 heteroatoms. The molecule has 5 rings (SSSR count). The van der Waals surface area contributed by atoms with Gasteiger partial charge in [0.2, 0.25) is 15.8 Å². The molecule has 15 nitrogen and oxygen atoms in total. The first kappa shape index (κ1) is 38.7. The van der Waals surface area contributed by atoms with E-state index in [4.69, 9.17) is 18.9 Å². The van der Waals surface area contributed by atoms with Crippen molar-refractivity contribution < 1.29 is 55.3 Å². The van der Waals surface area contributed by atoms with Gasteiger partial charge in [-0.1, -0.05) is 12.1 Å². The summed E-state index contributed by atoms with van der Waals surface area (Å²) in [5.41, 5.74) is -1.33. The van der Waals surface area contributed by atoms with E-state index in [2.05, 4.69) is 15.4 Å². The number of hydrogen-bond acceptors (Lipinski definition) is 12. The first-order valence-electron chi connectivity index (χ1n) is 16.3. The zero-order chi connectivity index (χ0) is 38.7. The van der Waals surface area contributed by atoms with E-state index in [-0.39, 0.29) is 22.3 Å². The van der Waals surface area contributed by atoms with Crippen molar-refractivity contribution >= 4 is 50.6 Å². The van der Waals surface area contributed by atoms with E-state index in [1.807, 2.05) is 0 Å². The van der Waals surface area contributed by atoms with Crippen LogP contribution in [0.4, 0.5) is 19.3 Å². The average Bonchev–Trinajstić information content (AvgIpc) is 3.49. The lowest BCUT2D eigenvalue weighted by Crippen LogP contribution is -2.47. The molecule has 1 unspecified atom stereocenters. The zero-order valence-electron chi connectivity index (χ0n) is 29.4. The van der Waals surface area contributed by atoms with E-state index in [9.17, 15) is 32.0 Å². The lowest BCUT2D eigenvalue weighted by molar-refractivity contribution is -0.144. The van der Waals surface area contributed by atoms with Crippen LogP contribution in [0.25, 0.3) is 22.2 Å². The van der Waals surface area contributed by atoms with Gasteiger partial charge in [-0.2, -0.15) is 5.10 Å². The molecule has 282 valence electrons. The van der Waals surface area contributed by atoms with Crippen LogP contribution in [0.5, 0.6) is 0 Å². The van der Waals surface area contributed by atoms with Crippen LogP contribution in [0.3, 0.4) is 0 Å². The number of rotatable bonds is 11. The summed E-state index contributed by atoms with van der Waals surface area (Å²) in [6, 6.07) is 7.99. The minimum Gasteiger partial charge on any atom is -0.467 e. The molecule has 1 saturated heterocycles. The number of carbonyl (C=O) groups is 4. The van der Waals surface area contributed by atoms with Crippen LogP contribution < -0.4 is 10.0 Å². The Bertz CT molecular complexity index is 2160. The molecule has 0 saturated carbocycles. The summed E-state index contributed by atoms with van der Waals surface area (Å²) < 4.78 is 77.8. The minimum atomic E-state index is -4.10. The van der Waals surface area contributed by atoms with Crippen molar-refractivity contribution in [3.05, 3.63) is 77.1 Å². The average molecular weight is 758 g/mol. The third kappa shape index (κ3) is 9.31. The van der Waals surface area contributed by atoms with Crippen molar-refractivity contribution in [1.82, 2.24) is 20.1 Å². The van der Waals surface area contributed by atoms with E-state index in [1.165, 1.54) is 23.0 Å². The lowest BCUT2D eigenvalue weighted by Gasteiger charge is -2.23. The van der Waals surface area contributed by atoms with Gasteiger partial charge < -0.3 is 24.3 Å². The Morgan fingerprint density at radius 2 is 1.77 bits per heavy atom. The molecule has 0 radical (unpaired) electrons. The van der Waals surface area contributed by atoms with E-state index < -0.39 is 81.2 Å². The summed E-state index contributed by atoms with van der Waals surface area (Å²) in [6.45, 7) is 4.83. The van der Waals surface area contributed by atoms with Gasteiger partial charge in [0.15, 0.2) is 23.7 Å². The first-order chi connectivity index (χ1) is 25.0. The molecule has 2 atom stereocenters. The predicted octanol–water partition coefficient (Wildman–Crippen LogP) is 4.90. The number of amides is 1. The Hall–Kier alpha value is -5.49. The first-order valence-corrected chi connectivity index (χ1v) is 18.2. The Morgan fingerprint density at radius 1 is 1.06 bits per heavy atom. The Kier molecular flexibility index (Phi) is 11.4. The summed E-state index contributed by atoms with van der Waals surface area (Å²) in [7, 11) is -2.98. The van der Waals surface area contributed by atoms with Gasteiger partial charge in [0.25, 0.3) is 0 Å². The predicted molar refractivity (Wildman–Crippen MR) is 186 cm³/mol. The number of methoxy groups -OCH3 is 1. The summed E-state index contributed by atoms with van der Waals surface area (Å²) in [4.78, 5) is 55.7. The van der Waals surface area contributed by atoms with E-state index in [0.29, 0.717) is 24.2 Å². The van der Waals surface area contributed by atoms with Crippen molar-refractivity contribution in [2.24, 2.45) is 0 Å². The maximum Gasteiger partial charge on any atom is 0.408 e. The molecule has 1 fully saturated rings. The maximum atomic E-state index is 15.5. The molecular formula is C35H37F2N5O10S. The highest BCUT2D eigenvalue weighted by Crippen LogP contribution is 2.32. The summed E-state index contributed by atoms with van der Waals surface area (Å²) in [6.07, 6.45) is 2.96. The topological polar surface area (TPSA) is 194 Å². The van der Waals surface area contributed by atoms with Crippen molar-refractivity contribution in [3.8, 4) is 11.1 Å². The highest BCUT2D eigenvalue weighted by molar-refractivity contribution is 7.92. The Labute approximate surface area is 303 Å². The molecule has 1 amide bonds. The third-order valence-corrected chi connectivity index (χ3v) is 8.40. The highest BCUT2D eigenvalue weighted by Gasteiger charge is 2.30. The molecule has 2 aromatic heterocycles. The van der Waals surface area contributed by atoms with E-state index in [0.717, 1.165) is 38.3 Å². The maximum absolute atomic E-state index is 15.5. The monoisotopic (exact) mass is 757 g/mol. The Balaban J connectivity index is 1.43. The zero-order valence-corrected chi connectivity index (χ0v) is 30.2. The van der Waals surface area contributed by atoms with E-state index in [1.54, 1.807) is 43.7 Å². The fourth-order valence-electron chi connectivity index (χ4n) is 5.40. The standard InChI is InChI=1S/C35H37F2N5O10S/c1-35(2,3)52-34(46)39-25(33(45)49-4)18-51-32(44)20-11-9-19(10-12-20)21-16-23-28(40-42(31(23)38-17-21)26-8-6-7-15-50-26)30(43)22-13-14-24(36)29(27(22)37)41-53(5,47)48/h9-14,16-17,25-26,41H,6-8,15,18H2,1-5H3,(H,39,46)/t25-,26?/m0/s1.